The second-order valence-corrected chi connectivity index (χ2v) is 16.9. The Morgan fingerprint density at radius 2 is 1.53 bits per heavy atom. The predicted octanol–water partition coefficient (Wildman–Crippen LogP) is 5.85. The maximum atomic E-state index is 14.0. The van der Waals surface area contributed by atoms with Crippen molar-refractivity contribution in [2.75, 3.05) is 42.9 Å². The Morgan fingerprint density at radius 3 is 2.09 bits per heavy atom. The highest BCUT2D eigenvalue weighted by atomic mass is 32.2. The summed E-state index contributed by atoms with van der Waals surface area (Å²) in [6.07, 6.45) is 0.547. The first kappa shape index (κ1) is 37.1. The number of β-lactam (4-membered cyclic amide) rings is 1. The van der Waals surface area contributed by atoms with E-state index >= 15 is 0 Å². The molecule has 15 heteroatoms. The third-order valence-electron chi connectivity index (χ3n) is 9.01. The molecule has 2 atom stereocenters. The second kappa shape index (κ2) is 16.8. The largest absolute Gasteiger partial charge is 0.477 e. The van der Waals surface area contributed by atoms with E-state index < -0.39 is 34.7 Å². The molecule has 3 aliphatic rings. The standard InChI is InChI=1S/C38H37N5O6S4/c1-48-18-11-19-49-42-29(32(44)40-30-33(45)43-31(35(46)47)27(22-52-34(30)43)36-50-20-21-51-36)28-23-53-37(39-28)41-38(24-12-5-2-6-13-24,25-14-7-3-8-15-25)26-16-9-4-10-17-26/h2-10,12-17,23,30,34,36H,11,18-22H2,1H3,(H,39,41)(H,40,44)(H,46,47)/b42-29-. The number of nitrogens with one attached hydrogen (secondary N) is 2. The lowest BCUT2D eigenvalue weighted by molar-refractivity contribution is -0.150. The van der Waals surface area contributed by atoms with E-state index in [4.69, 9.17) is 14.6 Å². The summed E-state index contributed by atoms with van der Waals surface area (Å²) in [5, 5.41) is 22.6. The van der Waals surface area contributed by atoms with Gasteiger partial charge in [0.05, 0.1) is 4.58 Å². The Morgan fingerprint density at radius 1 is 0.925 bits per heavy atom. The Balaban J connectivity index is 1.18. The molecule has 0 aliphatic carbocycles. The molecular weight excluding hydrogens is 751 g/mol. The van der Waals surface area contributed by atoms with E-state index in [9.17, 15) is 19.5 Å². The number of thiazole rings is 1. The van der Waals surface area contributed by atoms with Crippen molar-refractivity contribution in [3.8, 4) is 0 Å². The lowest BCUT2D eigenvalue weighted by Gasteiger charge is -2.49. The van der Waals surface area contributed by atoms with Gasteiger partial charge in [0.25, 0.3) is 11.8 Å². The third-order valence-corrected chi connectivity index (χ3v) is 14.2. The van der Waals surface area contributed by atoms with E-state index in [1.165, 1.54) is 28.0 Å². The predicted molar refractivity (Wildman–Crippen MR) is 212 cm³/mol. The molecule has 2 amide bonds. The number of oxime groups is 1. The van der Waals surface area contributed by atoms with Crippen LogP contribution < -0.4 is 10.6 Å². The molecule has 3 aliphatic heterocycles. The van der Waals surface area contributed by atoms with E-state index in [-0.39, 0.29) is 28.3 Å². The third kappa shape index (κ3) is 7.58. The van der Waals surface area contributed by atoms with Crippen LogP contribution in [0.5, 0.6) is 0 Å². The van der Waals surface area contributed by atoms with Gasteiger partial charge in [0, 0.05) is 42.8 Å². The number of carbonyl (C=O) groups is 3. The van der Waals surface area contributed by atoms with Gasteiger partial charge in [-0.25, -0.2) is 9.78 Å². The van der Waals surface area contributed by atoms with Crippen LogP contribution in [0.3, 0.4) is 0 Å². The number of carbonyl (C=O) groups excluding carboxylic acids is 2. The van der Waals surface area contributed by atoms with Gasteiger partial charge in [0.1, 0.15) is 35.0 Å². The number of hydrogen-bond donors (Lipinski definition) is 3. The number of benzene rings is 3. The van der Waals surface area contributed by atoms with Crippen molar-refractivity contribution in [2.45, 2.75) is 28.0 Å². The number of anilines is 1. The summed E-state index contributed by atoms with van der Waals surface area (Å²) in [6.45, 7) is 0.646. The fourth-order valence-corrected chi connectivity index (χ4v) is 11.9. The molecule has 4 aromatic rings. The summed E-state index contributed by atoms with van der Waals surface area (Å²) in [6, 6.07) is 29.4. The maximum Gasteiger partial charge on any atom is 0.352 e. The number of aliphatic carboxylic acids is 1. The Labute approximate surface area is 324 Å². The van der Waals surface area contributed by atoms with Gasteiger partial charge in [0.2, 0.25) is 0 Å². The van der Waals surface area contributed by atoms with Crippen LogP contribution in [0, 0.1) is 0 Å². The Kier molecular flexibility index (Phi) is 11.8. The lowest BCUT2D eigenvalue weighted by atomic mass is 9.77. The number of carboxylic acids is 1. The van der Waals surface area contributed by atoms with Gasteiger partial charge in [0.15, 0.2) is 10.8 Å². The van der Waals surface area contributed by atoms with Crippen molar-refractivity contribution >= 4 is 75.2 Å². The smallest absolute Gasteiger partial charge is 0.352 e. The van der Waals surface area contributed by atoms with Crippen molar-refractivity contribution in [1.29, 1.82) is 0 Å². The molecule has 3 N–H and O–H groups in total. The number of hydrogen-bond acceptors (Lipinski definition) is 12. The molecule has 53 heavy (non-hydrogen) atoms. The highest BCUT2D eigenvalue weighted by molar-refractivity contribution is 8.20. The van der Waals surface area contributed by atoms with Crippen LogP contribution >= 0.6 is 46.6 Å². The first-order chi connectivity index (χ1) is 25.9. The van der Waals surface area contributed by atoms with Crippen LogP contribution in [0.25, 0.3) is 0 Å². The number of nitrogens with zero attached hydrogens (tertiary/aromatic N) is 3. The molecule has 7 rings (SSSR count). The zero-order valence-corrected chi connectivity index (χ0v) is 31.9. The summed E-state index contributed by atoms with van der Waals surface area (Å²) < 4.78 is 5.12. The Hall–Kier alpha value is -4.28. The van der Waals surface area contributed by atoms with E-state index in [0.717, 1.165) is 33.8 Å². The number of ether oxygens (including phenoxy) is 1. The van der Waals surface area contributed by atoms with Gasteiger partial charge < -0.3 is 25.3 Å². The van der Waals surface area contributed by atoms with Crippen molar-refractivity contribution in [3.63, 3.8) is 0 Å². The van der Waals surface area contributed by atoms with E-state index in [2.05, 4.69) is 52.2 Å². The van der Waals surface area contributed by atoms with Gasteiger partial charge >= 0.3 is 5.97 Å². The minimum Gasteiger partial charge on any atom is -0.477 e. The molecule has 2 fully saturated rings. The summed E-state index contributed by atoms with van der Waals surface area (Å²) in [4.78, 5) is 51.7. The molecular formula is C38H37N5O6S4. The first-order valence-electron chi connectivity index (χ1n) is 17.0. The van der Waals surface area contributed by atoms with E-state index in [1.54, 1.807) is 36.0 Å². The maximum absolute atomic E-state index is 14.0. The molecule has 3 aromatic carbocycles. The average Bonchev–Trinajstić information content (AvgIpc) is 3.91. The van der Waals surface area contributed by atoms with E-state index in [1.807, 2.05) is 54.6 Å². The minimum absolute atomic E-state index is 0.00173. The number of methoxy groups -OCH3 is 1. The fourth-order valence-electron chi connectivity index (χ4n) is 6.56. The topological polar surface area (TPSA) is 142 Å². The highest BCUT2D eigenvalue weighted by Gasteiger charge is 2.55. The van der Waals surface area contributed by atoms with Crippen molar-refractivity contribution in [2.24, 2.45) is 5.16 Å². The highest BCUT2D eigenvalue weighted by Crippen LogP contribution is 2.47. The zero-order valence-electron chi connectivity index (χ0n) is 28.7. The summed E-state index contributed by atoms with van der Waals surface area (Å²) in [7, 11) is 1.59. The number of carboxylic acid groups (broad SMARTS) is 1. The molecule has 1 aromatic heterocycles. The molecule has 0 radical (unpaired) electrons. The van der Waals surface area contributed by atoms with Crippen LogP contribution in [0.1, 0.15) is 28.8 Å². The molecule has 0 bridgehead atoms. The number of fused-ring (bicyclic) bond motifs is 1. The van der Waals surface area contributed by atoms with Crippen LogP contribution in [0.2, 0.25) is 0 Å². The van der Waals surface area contributed by atoms with Crippen molar-refractivity contribution in [1.82, 2.24) is 15.2 Å². The van der Waals surface area contributed by atoms with Gasteiger partial charge in [-0.3, -0.25) is 14.5 Å². The lowest BCUT2D eigenvalue weighted by Crippen LogP contribution is -2.71. The number of amides is 2. The van der Waals surface area contributed by atoms with E-state index in [0.29, 0.717) is 23.9 Å². The van der Waals surface area contributed by atoms with Crippen LogP contribution in [-0.2, 0) is 29.5 Å². The summed E-state index contributed by atoms with van der Waals surface area (Å²) >= 11 is 6.16. The molecule has 2 unspecified atom stereocenters. The normalized spacial score (nSPS) is 19.1. The molecule has 2 saturated heterocycles. The quantitative estimate of drug-likeness (QED) is 0.0440. The summed E-state index contributed by atoms with van der Waals surface area (Å²) in [5.74, 6) is 0.0649. The van der Waals surface area contributed by atoms with Gasteiger partial charge in [-0.1, -0.05) is 96.2 Å². The Bertz CT molecular complexity index is 1890. The second-order valence-electron chi connectivity index (χ2n) is 12.2. The summed E-state index contributed by atoms with van der Waals surface area (Å²) in [5.41, 5.74) is 3.05. The van der Waals surface area contributed by atoms with Gasteiger partial charge in [-0.15, -0.1) is 46.6 Å². The van der Waals surface area contributed by atoms with Crippen LogP contribution in [0.4, 0.5) is 5.13 Å². The molecule has 0 saturated carbocycles. The molecule has 274 valence electrons. The minimum atomic E-state index is -1.14. The van der Waals surface area contributed by atoms with Gasteiger partial charge in [-0.2, -0.15) is 0 Å². The van der Waals surface area contributed by atoms with Crippen molar-refractivity contribution < 1.29 is 29.1 Å². The monoisotopic (exact) mass is 787 g/mol. The van der Waals surface area contributed by atoms with Crippen LogP contribution in [0.15, 0.2) is 113 Å². The van der Waals surface area contributed by atoms with Crippen molar-refractivity contribution in [3.05, 3.63) is 130 Å². The fraction of sp³-hybridized carbons (Fsp3) is 0.289. The van der Waals surface area contributed by atoms with Gasteiger partial charge in [-0.05, 0) is 22.3 Å². The average molecular weight is 788 g/mol. The SMILES string of the molecule is COCCCO/N=C(\C(=O)NC1C(=O)N2C(C(=O)O)=C(C3SCCS3)CSC12)c1csc(NC(c2ccccc2)(c2ccccc2)c2ccccc2)n1. The number of rotatable bonds is 15. The van der Waals surface area contributed by atoms with Crippen LogP contribution in [-0.4, -0.2) is 92.1 Å². The molecule has 0 spiro atoms. The molecule has 4 heterocycles. The number of aromatic nitrogens is 1. The molecule has 11 nitrogen and oxygen atoms in total. The first-order valence-corrected chi connectivity index (χ1v) is 21.0. The zero-order chi connectivity index (χ0) is 36.8. The number of thioether (sulfide) groups is 3.